The van der Waals surface area contributed by atoms with Crippen molar-refractivity contribution in [1.82, 2.24) is 30.0 Å². The van der Waals surface area contributed by atoms with Gasteiger partial charge in [0.1, 0.15) is 5.82 Å². The Morgan fingerprint density at radius 3 is 2.78 bits per heavy atom. The number of tetrazole rings is 1. The van der Waals surface area contributed by atoms with Gasteiger partial charge < -0.3 is 5.32 Å². The van der Waals surface area contributed by atoms with E-state index in [9.17, 15) is 4.79 Å². The average Bonchev–Trinajstić information content (AvgIpc) is 3.26. The summed E-state index contributed by atoms with van der Waals surface area (Å²) in [5.41, 5.74) is 1.96. The van der Waals surface area contributed by atoms with Crippen molar-refractivity contribution in [2.45, 2.75) is 43.8 Å². The molecule has 1 N–H and O–H groups in total. The average molecular weight is 383 g/mol. The lowest BCUT2D eigenvalue weighted by molar-refractivity contribution is -0.113. The van der Waals surface area contributed by atoms with Gasteiger partial charge in [0.25, 0.3) is 0 Å². The molecule has 0 unspecified atom stereocenters. The van der Waals surface area contributed by atoms with Crippen LogP contribution in [0.25, 0.3) is 5.69 Å². The van der Waals surface area contributed by atoms with E-state index in [-0.39, 0.29) is 17.7 Å². The van der Waals surface area contributed by atoms with Crippen molar-refractivity contribution in [1.29, 1.82) is 0 Å². The first-order valence-electron chi connectivity index (χ1n) is 8.97. The third kappa shape index (κ3) is 4.02. The molecule has 1 amide bonds. The quantitative estimate of drug-likeness (QED) is 0.631. The molecule has 0 radical (unpaired) electrons. The smallest absolute Gasteiger partial charge is 0.236 e. The van der Waals surface area contributed by atoms with Crippen LogP contribution >= 0.6 is 11.8 Å². The Kier molecular flexibility index (Phi) is 4.93. The minimum absolute atomic E-state index is 0.113. The maximum atomic E-state index is 12.5. The summed E-state index contributed by atoms with van der Waals surface area (Å²) in [6.07, 6.45) is 2.32. The second-order valence-electron chi connectivity index (χ2n) is 6.81. The monoisotopic (exact) mass is 383 g/mol. The van der Waals surface area contributed by atoms with Crippen molar-refractivity contribution in [3.8, 4) is 5.69 Å². The highest BCUT2D eigenvalue weighted by Crippen LogP contribution is 2.40. The molecule has 1 aliphatic carbocycles. The van der Waals surface area contributed by atoms with Gasteiger partial charge in [-0.05, 0) is 49.2 Å². The zero-order chi connectivity index (χ0) is 18.8. The molecule has 27 heavy (non-hydrogen) atoms. The molecule has 0 aliphatic heterocycles. The molecule has 8 nitrogen and oxygen atoms in total. The molecule has 3 aromatic rings. The topological polar surface area (TPSA) is 90.5 Å². The van der Waals surface area contributed by atoms with Gasteiger partial charge in [0.15, 0.2) is 0 Å². The molecule has 0 saturated heterocycles. The number of hydrogen-bond donors (Lipinski definition) is 1. The lowest BCUT2D eigenvalue weighted by Crippen LogP contribution is -2.17. The van der Waals surface area contributed by atoms with Crippen molar-refractivity contribution < 1.29 is 4.79 Å². The van der Waals surface area contributed by atoms with Crippen molar-refractivity contribution in [3.63, 3.8) is 0 Å². The predicted octanol–water partition coefficient (Wildman–Crippen LogP) is 3.05. The van der Waals surface area contributed by atoms with Crippen LogP contribution in [0.3, 0.4) is 0 Å². The highest BCUT2D eigenvalue weighted by Gasteiger charge is 2.28. The highest BCUT2D eigenvalue weighted by atomic mass is 32.2. The van der Waals surface area contributed by atoms with E-state index in [4.69, 9.17) is 5.10 Å². The molecule has 1 aromatic carbocycles. The second-order valence-corrected chi connectivity index (χ2v) is 7.76. The number of benzene rings is 1. The van der Waals surface area contributed by atoms with Gasteiger partial charge in [-0.3, -0.25) is 4.79 Å². The minimum atomic E-state index is -0.113. The lowest BCUT2D eigenvalue weighted by Gasteiger charge is -2.09. The number of nitrogens with zero attached hydrogens (tertiary/aromatic N) is 6. The molecule has 2 aromatic heterocycles. The first-order chi connectivity index (χ1) is 13.1. The van der Waals surface area contributed by atoms with Crippen molar-refractivity contribution in [3.05, 3.63) is 42.1 Å². The molecule has 1 saturated carbocycles. The van der Waals surface area contributed by atoms with Gasteiger partial charge >= 0.3 is 0 Å². The van der Waals surface area contributed by atoms with Gasteiger partial charge in [0.05, 0.1) is 23.2 Å². The zero-order valence-corrected chi connectivity index (χ0v) is 16.1. The van der Waals surface area contributed by atoms with Crippen molar-refractivity contribution >= 4 is 23.5 Å². The number of carbonyl (C=O) groups excluding carboxylic acids is 1. The predicted molar refractivity (Wildman–Crippen MR) is 103 cm³/mol. The molecule has 0 bridgehead atoms. The standard InChI is InChI=1S/C18H21N7OS/c1-12(2)24-18(20-22-23-24)27-11-17(26)19-16-10-15(13-8-9-13)21-25(16)14-6-4-3-5-7-14/h3-7,10,12-13H,8-9,11H2,1-2H3,(H,19,26). The first kappa shape index (κ1) is 17.7. The van der Waals surface area contributed by atoms with Crippen molar-refractivity contribution in [2.24, 2.45) is 0 Å². The van der Waals surface area contributed by atoms with Crippen LogP contribution in [0.15, 0.2) is 41.6 Å². The largest absolute Gasteiger partial charge is 0.310 e. The molecule has 1 aliphatic rings. The Labute approximate surface area is 161 Å². The normalized spacial score (nSPS) is 13.9. The second kappa shape index (κ2) is 7.51. The Balaban J connectivity index is 1.48. The van der Waals surface area contributed by atoms with E-state index >= 15 is 0 Å². The van der Waals surface area contributed by atoms with Crippen LogP contribution in [0.4, 0.5) is 5.82 Å². The molecule has 4 rings (SSSR count). The zero-order valence-electron chi connectivity index (χ0n) is 15.2. The Morgan fingerprint density at radius 2 is 2.07 bits per heavy atom. The fraction of sp³-hybridized carbons (Fsp3) is 0.389. The number of thioether (sulfide) groups is 1. The summed E-state index contributed by atoms with van der Waals surface area (Å²) in [6, 6.07) is 12.0. The third-order valence-corrected chi connectivity index (χ3v) is 5.21. The summed E-state index contributed by atoms with van der Waals surface area (Å²) >= 11 is 1.32. The van der Waals surface area contributed by atoms with E-state index in [0.29, 0.717) is 16.9 Å². The van der Waals surface area contributed by atoms with Gasteiger partial charge in [-0.25, -0.2) is 9.36 Å². The number of nitrogens with one attached hydrogen (secondary N) is 1. The van der Waals surface area contributed by atoms with E-state index in [1.165, 1.54) is 11.8 Å². The van der Waals surface area contributed by atoms with Crippen LogP contribution < -0.4 is 5.32 Å². The van der Waals surface area contributed by atoms with Crippen molar-refractivity contribution in [2.75, 3.05) is 11.1 Å². The van der Waals surface area contributed by atoms with Crippen LogP contribution in [0.2, 0.25) is 0 Å². The maximum absolute atomic E-state index is 12.5. The van der Waals surface area contributed by atoms with Crippen LogP contribution in [-0.2, 0) is 4.79 Å². The number of amides is 1. The van der Waals surface area contributed by atoms with Gasteiger partial charge in [0, 0.05) is 12.0 Å². The maximum Gasteiger partial charge on any atom is 0.236 e. The Morgan fingerprint density at radius 1 is 1.30 bits per heavy atom. The van der Waals surface area contributed by atoms with Crippen LogP contribution in [0.5, 0.6) is 0 Å². The van der Waals surface area contributed by atoms with Crippen LogP contribution in [-0.4, -0.2) is 41.6 Å². The number of carbonyl (C=O) groups is 1. The molecule has 9 heteroatoms. The molecule has 2 heterocycles. The minimum Gasteiger partial charge on any atom is -0.310 e. The number of hydrogen-bond acceptors (Lipinski definition) is 6. The summed E-state index contributed by atoms with van der Waals surface area (Å²) < 4.78 is 3.51. The number of rotatable bonds is 7. The summed E-state index contributed by atoms with van der Waals surface area (Å²) in [5.74, 6) is 1.32. The molecule has 1 fully saturated rings. The fourth-order valence-electron chi connectivity index (χ4n) is 2.75. The van der Waals surface area contributed by atoms with E-state index < -0.39 is 0 Å². The molecule has 0 atom stereocenters. The summed E-state index contributed by atoms with van der Waals surface area (Å²) in [6.45, 7) is 4.00. The van der Waals surface area contributed by atoms with Gasteiger partial charge in [-0.2, -0.15) is 5.10 Å². The van der Waals surface area contributed by atoms with E-state index in [1.54, 1.807) is 9.36 Å². The van der Waals surface area contributed by atoms with Gasteiger partial charge in [0.2, 0.25) is 11.1 Å². The SMILES string of the molecule is CC(C)n1nnnc1SCC(=O)Nc1cc(C2CC2)nn1-c1ccccc1. The third-order valence-electron chi connectivity index (χ3n) is 4.28. The van der Waals surface area contributed by atoms with Crippen LogP contribution in [0.1, 0.15) is 44.3 Å². The number of anilines is 1. The molecule has 140 valence electrons. The fourth-order valence-corrected chi connectivity index (χ4v) is 3.55. The van der Waals surface area contributed by atoms with Gasteiger partial charge in [-0.1, -0.05) is 30.0 Å². The highest BCUT2D eigenvalue weighted by molar-refractivity contribution is 7.99. The van der Waals surface area contributed by atoms with E-state index in [0.717, 1.165) is 24.2 Å². The van der Waals surface area contributed by atoms with E-state index in [1.807, 2.05) is 50.2 Å². The first-order valence-corrected chi connectivity index (χ1v) is 9.96. The Bertz CT molecular complexity index is 930. The summed E-state index contributed by atoms with van der Waals surface area (Å²) in [7, 11) is 0. The van der Waals surface area contributed by atoms with Gasteiger partial charge in [-0.15, -0.1) is 5.10 Å². The molecular formula is C18H21N7OS. The van der Waals surface area contributed by atoms with E-state index in [2.05, 4.69) is 20.8 Å². The Hall–Kier alpha value is -2.68. The van der Waals surface area contributed by atoms with Crippen LogP contribution in [0, 0.1) is 0 Å². The summed E-state index contributed by atoms with van der Waals surface area (Å²) in [4.78, 5) is 12.5. The number of para-hydroxylation sites is 1. The molecular weight excluding hydrogens is 362 g/mol. The summed E-state index contributed by atoms with van der Waals surface area (Å²) in [5, 5.41) is 19.9. The lowest BCUT2D eigenvalue weighted by atomic mass is 10.3. The molecule has 0 spiro atoms. The number of aromatic nitrogens is 6.